The van der Waals surface area contributed by atoms with Gasteiger partial charge in [-0.2, -0.15) is 0 Å². The van der Waals surface area contributed by atoms with Crippen LogP contribution in [0.2, 0.25) is 0 Å². The molecular formula is C23H26F2N2O3. The van der Waals surface area contributed by atoms with Crippen molar-refractivity contribution >= 4 is 10.9 Å². The van der Waals surface area contributed by atoms with E-state index in [1.807, 2.05) is 12.1 Å². The third-order valence-corrected chi connectivity index (χ3v) is 5.78. The second-order valence-electron chi connectivity index (χ2n) is 7.57. The van der Waals surface area contributed by atoms with Crippen molar-refractivity contribution in [2.45, 2.75) is 31.7 Å². The summed E-state index contributed by atoms with van der Waals surface area (Å²) in [6, 6.07) is 6.51. The first kappa shape index (κ1) is 20.5. The molecule has 1 unspecified atom stereocenters. The second kappa shape index (κ2) is 8.52. The van der Waals surface area contributed by atoms with Crippen LogP contribution in [0.15, 0.2) is 24.3 Å². The molecule has 7 heteroatoms. The third-order valence-electron chi connectivity index (χ3n) is 5.78. The Morgan fingerprint density at radius 3 is 2.43 bits per heavy atom. The van der Waals surface area contributed by atoms with Gasteiger partial charge in [0.05, 0.1) is 26.8 Å². The van der Waals surface area contributed by atoms with Crippen molar-refractivity contribution in [1.29, 1.82) is 0 Å². The minimum atomic E-state index is -0.542. The van der Waals surface area contributed by atoms with Gasteiger partial charge in [-0.25, -0.2) is 8.78 Å². The van der Waals surface area contributed by atoms with E-state index < -0.39 is 11.6 Å². The predicted octanol–water partition coefficient (Wildman–Crippen LogP) is 4.16. The molecule has 1 atom stereocenters. The molecule has 160 valence electrons. The second-order valence-corrected chi connectivity index (χ2v) is 7.57. The molecule has 0 radical (unpaired) electrons. The summed E-state index contributed by atoms with van der Waals surface area (Å²) in [6.07, 6.45) is 3.29. The molecule has 0 saturated heterocycles. The van der Waals surface area contributed by atoms with E-state index in [9.17, 15) is 8.78 Å². The smallest absolute Gasteiger partial charge is 0.203 e. The number of ether oxygens (including phenoxy) is 3. The molecule has 5 nitrogen and oxygen atoms in total. The highest BCUT2D eigenvalue weighted by Gasteiger charge is 2.24. The summed E-state index contributed by atoms with van der Waals surface area (Å²) in [5.41, 5.74) is 3.50. The Bertz CT molecular complexity index is 1040. The van der Waals surface area contributed by atoms with Crippen LogP contribution in [0.1, 0.15) is 23.2 Å². The fraction of sp³-hybridized carbons (Fsp3) is 0.391. The van der Waals surface area contributed by atoms with Crippen LogP contribution in [0.5, 0.6) is 17.2 Å². The number of hydrogen-bond acceptors (Lipinski definition) is 4. The molecule has 1 heterocycles. The van der Waals surface area contributed by atoms with Gasteiger partial charge >= 0.3 is 0 Å². The first-order valence-electron chi connectivity index (χ1n) is 10.0. The van der Waals surface area contributed by atoms with Crippen LogP contribution in [0.3, 0.4) is 0 Å². The summed E-state index contributed by atoms with van der Waals surface area (Å²) in [6.45, 7) is 0.768. The van der Waals surface area contributed by atoms with Crippen LogP contribution < -0.4 is 19.5 Å². The van der Waals surface area contributed by atoms with E-state index in [0.29, 0.717) is 28.2 Å². The molecular weight excluding hydrogens is 390 g/mol. The average Bonchev–Trinajstić information content (AvgIpc) is 3.11. The number of H-pyrrole nitrogens is 1. The van der Waals surface area contributed by atoms with Gasteiger partial charge in [0.2, 0.25) is 5.75 Å². The summed E-state index contributed by atoms with van der Waals surface area (Å²) in [7, 11) is 4.79. The van der Waals surface area contributed by atoms with Gasteiger partial charge in [0.15, 0.2) is 11.5 Å². The van der Waals surface area contributed by atoms with Crippen molar-refractivity contribution in [3.8, 4) is 17.2 Å². The molecule has 3 aromatic rings. The largest absolute Gasteiger partial charge is 0.493 e. The van der Waals surface area contributed by atoms with E-state index in [1.165, 1.54) is 6.07 Å². The van der Waals surface area contributed by atoms with Gasteiger partial charge in [0, 0.05) is 23.2 Å². The minimum Gasteiger partial charge on any atom is -0.493 e. The number of methoxy groups -OCH3 is 3. The number of halogens is 2. The van der Waals surface area contributed by atoms with Crippen molar-refractivity contribution < 1.29 is 23.0 Å². The Morgan fingerprint density at radius 1 is 1.03 bits per heavy atom. The Labute approximate surface area is 174 Å². The summed E-state index contributed by atoms with van der Waals surface area (Å²) >= 11 is 0. The van der Waals surface area contributed by atoms with E-state index in [1.54, 1.807) is 21.3 Å². The molecule has 2 aromatic carbocycles. The lowest BCUT2D eigenvalue weighted by Crippen LogP contribution is -2.35. The normalized spacial score (nSPS) is 15.8. The van der Waals surface area contributed by atoms with Crippen LogP contribution >= 0.6 is 0 Å². The van der Waals surface area contributed by atoms with Gasteiger partial charge in [-0.3, -0.25) is 0 Å². The maximum Gasteiger partial charge on any atom is 0.203 e. The lowest BCUT2D eigenvalue weighted by molar-refractivity contribution is 0.323. The maximum atomic E-state index is 14.1. The van der Waals surface area contributed by atoms with Crippen molar-refractivity contribution in [3.63, 3.8) is 0 Å². The number of fused-ring (bicyclic) bond motifs is 3. The van der Waals surface area contributed by atoms with Gasteiger partial charge in [-0.1, -0.05) is 0 Å². The van der Waals surface area contributed by atoms with Crippen molar-refractivity contribution in [2.24, 2.45) is 0 Å². The quantitative estimate of drug-likeness (QED) is 0.607. The van der Waals surface area contributed by atoms with Gasteiger partial charge < -0.3 is 24.5 Å². The van der Waals surface area contributed by atoms with Crippen molar-refractivity contribution in [1.82, 2.24) is 10.3 Å². The summed E-state index contributed by atoms with van der Waals surface area (Å²) in [5.74, 6) is 0.773. The fourth-order valence-corrected chi connectivity index (χ4v) is 4.32. The van der Waals surface area contributed by atoms with Crippen molar-refractivity contribution in [2.75, 3.05) is 27.9 Å². The maximum absolute atomic E-state index is 14.1. The number of hydrogen-bond donors (Lipinski definition) is 2. The van der Waals surface area contributed by atoms with Crippen LogP contribution in [-0.2, 0) is 19.3 Å². The molecule has 2 N–H and O–H groups in total. The molecule has 0 amide bonds. The molecule has 0 saturated carbocycles. The molecule has 1 aliphatic rings. The highest BCUT2D eigenvalue weighted by Crippen LogP contribution is 2.38. The topological polar surface area (TPSA) is 55.5 Å². The number of benzene rings is 2. The van der Waals surface area contributed by atoms with Gasteiger partial charge in [-0.05, 0) is 61.6 Å². The third kappa shape index (κ3) is 3.81. The van der Waals surface area contributed by atoms with Crippen LogP contribution in [0.4, 0.5) is 8.78 Å². The lowest BCUT2D eigenvalue weighted by Gasteiger charge is -2.24. The van der Waals surface area contributed by atoms with E-state index in [-0.39, 0.29) is 6.04 Å². The predicted molar refractivity (Wildman–Crippen MR) is 112 cm³/mol. The number of aromatic amines is 1. The number of nitrogens with one attached hydrogen (secondary N) is 2. The molecule has 0 aliphatic heterocycles. The van der Waals surface area contributed by atoms with Crippen LogP contribution in [0.25, 0.3) is 10.9 Å². The molecule has 0 spiro atoms. The number of rotatable bonds is 7. The zero-order valence-electron chi connectivity index (χ0n) is 17.4. The van der Waals surface area contributed by atoms with Crippen LogP contribution in [0, 0.1) is 11.6 Å². The molecule has 4 rings (SSSR count). The van der Waals surface area contributed by atoms with E-state index in [4.69, 9.17) is 14.2 Å². The zero-order valence-corrected chi connectivity index (χ0v) is 17.4. The first-order valence-corrected chi connectivity index (χ1v) is 10.0. The summed E-state index contributed by atoms with van der Waals surface area (Å²) < 4.78 is 44.0. The Kier molecular flexibility index (Phi) is 5.81. The van der Waals surface area contributed by atoms with Crippen molar-refractivity contribution in [3.05, 3.63) is 52.7 Å². The van der Waals surface area contributed by atoms with Crippen LogP contribution in [-0.4, -0.2) is 38.9 Å². The Hall–Kier alpha value is -2.80. The van der Waals surface area contributed by atoms with E-state index in [2.05, 4.69) is 10.3 Å². The Morgan fingerprint density at radius 2 is 1.77 bits per heavy atom. The molecule has 1 aliphatic carbocycles. The van der Waals surface area contributed by atoms with Gasteiger partial charge in [0.1, 0.15) is 11.6 Å². The molecule has 30 heavy (non-hydrogen) atoms. The van der Waals surface area contributed by atoms with Gasteiger partial charge in [-0.15, -0.1) is 0 Å². The average molecular weight is 416 g/mol. The monoisotopic (exact) mass is 416 g/mol. The molecule has 0 bridgehead atoms. The first-order chi connectivity index (χ1) is 14.5. The number of aryl methyl sites for hydroxylation is 1. The SMILES string of the molecule is COc1cc(CCNC2CCc3[nH]c4c(F)cc(F)cc4c3C2)cc(OC)c1OC. The molecule has 1 aromatic heterocycles. The summed E-state index contributed by atoms with van der Waals surface area (Å²) in [5, 5.41) is 4.24. The highest BCUT2D eigenvalue weighted by atomic mass is 19.1. The van der Waals surface area contributed by atoms with E-state index >= 15 is 0 Å². The van der Waals surface area contributed by atoms with Gasteiger partial charge in [0.25, 0.3) is 0 Å². The standard InChI is InChI=1S/C23H26F2N2O3/c1-28-20-8-13(9-21(29-2)23(20)30-3)6-7-26-15-4-5-19-16(12-15)17-10-14(24)11-18(25)22(17)27-19/h8-11,15,26-27H,4-7,12H2,1-3H3. The fourth-order valence-electron chi connectivity index (χ4n) is 4.32. The summed E-state index contributed by atoms with van der Waals surface area (Å²) in [4.78, 5) is 3.14. The van der Waals surface area contributed by atoms with E-state index in [0.717, 1.165) is 55.1 Å². The Balaban J connectivity index is 1.44. The minimum absolute atomic E-state index is 0.255. The highest BCUT2D eigenvalue weighted by molar-refractivity contribution is 5.85. The molecule has 0 fully saturated rings. The zero-order chi connectivity index (χ0) is 21.3. The lowest BCUT2D eigenvalue weighted by atomic mass is 9.91. The number of aromatic nitrogens is 1.